The molecule has 0 saturated carbocycles. The first-order chi connectivity index (χ1) is 11.2. The second kappa shape index (κ2) is 7.33. The predicted molar refractivity (Wildman–Crippen MR) is 94.9 cm³/mol. The SMILES string of the molecule is CCn1cnnc1CCNC(=O)c1csc(-c2cc(Br)cs2)n1. The number of nitrogens with zero attached hydrogens (tertiary/aromatic N) is 4. The van der Waals surface area contributed by atoms with Crippen LogP contribution in [0.5, 0.6) is 0 Å². The lowest BCUT2D eigenvalue weighted by molar-refractivity contribution is 0.0949. The van der Waals surface area contributed by atoms with E-state index in [0.29, 0.717) is 18.7 Å². The number of thiophene rings is 1. The first kappa shape index (κ1) is 16.3. The number of aryl methyl sites for hydroxylation is 1. The Balaban J connectivity index is 1.57. The van der Waals surface area contributed by atoms with E-state index in [4.69, 9.17) is 0 Å². The standard InChI is InChI=1S/C14H14BrN5OS2/c1-2-20-8-17-19-12(20)3-4-16-13(21)10-7-23-14(18-10)11-5-9(15)6-22-11/h5-8H,2-4H2,1H3,(H,16,21). The maximum atomic E-state index is 12.2. The van der Waals surface area contributed by atoms with Crippen molar-refractivity contribution < 1.29 is 4.79 Å². The van der Waals surface area contributed by atoms with Crippen LogP contribution in [0, 0.1) is 0 Å². The first-order valence-corrected chi connectivity index (χ1v) is 9.57. The van der Waals surface area contributed by atoms with Crippen LogP contribution in [-0.4, -0.2) is 32.2 Å². The molecule has 3 aromatic heterocycles. The van der Waals surface area contributed by atoms with E-state index in [0.717, 1.165) is 26.7 Å². The fourth-order valence-corrected chi connectivity index (χ4v) is 4.34. The Morgan fingerprint density at radius 3 is 3.00 bits per heavy atom. The average Bonchev–Trinajstić information content (AvgIpc) is 3.26. The molecule has 0 aromatic carbocycles. The lowest BCUT2D eigenvalue weighted by atomic mass is 10.3. The molecule has 3 rings (SSSR count). The molecule has 0 bridgehead atoms. The Morgan fingerprint density at radius 1 is 1.39 bits per heavy atom. The monoisotopic (exact) mass is 411 g/mol. The van der Waals surface area contributed by atoms with Gasteiger partial charge >= 0.3 is 0 Å². The smallest absolute Gasteiger partial charge is 0.270 e. The molecule has 0 fully saturated rings. The highest BCUT2D eigenvalue weighted by molar-refractivity contribution is 9.10. The molecule has 0 unspecified atom stereocenters. The Morgan fingerprint density at radius 2 is 2.26 bits per heavy atom. The molecule has 9 heteroatoms. The van der Waals surface area contributed by atoms with Gasteiger partial charge in [-0.15, -0.1) is 32.9 Å². The van der Waals surface area contributed by atoms with Crippen LogP contribution in [0.1, 0.15) is 23.2 Å². The fraction of sp³-hybridized carbons (Fsp3) is 0.286. The predicted octanol–water partition coefficient (Wildman–Crippen LogP) is 3.22. The molecular weight excluding hydrogens is 398 g/mol. The van der Waals surface area contributed by atoms with Gasteiger partial charge in [-0.25, -0.2) is 4.98 Å². The number of amides is 1. The summed E-state index contributed by atoms with van der Waals surface area (Å²) >= 11 is 6.50. The molecule has 3 aromatic rings. The Kier molecular flexibility index (Phi) is 5.19. The van der Waals surface area contributed by atoms with E-state index in [1.807, 2.05) is 22.9 Å². The van der Waals surface area contributed by atoms with E-state index in [9.17, 15) is 4.79 Å². The summed E-state index contributed by atoms with van der Waals surface area (Å²) in [6.45, 7) is 3.36. The van der Waals surface area contributed by atoms with E-state index < -0.39 is 0 Å². The van der Waals surface area contributed by atoms with Crippen molar-refractivity contribution in [1.29, 1.82) is 0 Å². The van der Waals surface area contributed by atoms with Crippen LogP contribution in [0.4, 0.5) is 0 Å². The molecule has 0 atom stereocenters. The van der Waals surface area contributed by atoms with Gasteiger partial charge in [0.15, 0.2) is 0 Å². The topological polar surface area (TPSA) is 72.7 Å². The van der Waals surface area contributed by atoms with Crippen molar-refractivity contribution in [3.05, 3.63) is 39.1 Å². The number of thiazole rings is 1. The van der Waals surface area contributed by atoms with Gasteiger partial charge in [0.1, 0.15) is 22.9 Å². The van der Waals surface area contributed by atoms with Gasteiger partial charge in [0.25, 0.3) is 5.91 Å². The molecule has 6 nitrogen and oxygen atoms in total. The van der Waals surface area contributed by atoms with Crippen LogP contribution >= 0.6 is 38.6 Å². The van der Waals surface area contributed by atoms with Gasteiger partial charge in [0.05, 0.1) is 4.88 Å². The van der Waals surface area contributed by atoms with Crippen molar-refractivity contribution in [2.75, 3.05) is 6.54 Å². The number of carbonyl (C=O) groups excluding carboxylic acids is 1. The third-order valence-electron chi connectivity index (χ3n) is 3.19. The minimum absolute atomic E-state index is 0.161. The summed E-state index contributed by atoms with van der Waals surface area (Å²) in [5, 5.41) is 15.4. The second-order valence-electron chi connectivity index (χ2n) is 4.71. The van der Waals surface area contributed by atoms with E-state index >= 15 is 0 Å². The minimum Gasteiger partial charge on any atom is -0.350 e. The van der Waals surface area contributed by atoms with Crippen LogP contribution in [0.2, 0.25) is 0 Å². The maximum absolute atomic E-state index is 12.2. The van der Waals surface area contributed by atoms with Crippen molar-refractivity contribution in [3.63, 3.8) is 0 Å². The lowest BCUT2D eigenvalue weighted by Crippen LogP contribution is -2.26. The lowest BCUT2D eigenvalue weighted by Gasteiger charge is -2.04. The summed E-state index contributed by atoms with van der Waals surface area (Å²) in [6.07, 6.45) is 2.34. The van der Waals surface area contributed by atoms with E-state index in [-0.39, 0.29) is 5.91 Å². The summed E-state index contributed by atoms with van der Waals surface area (Å²) in [5.74, 6) is 0.709. The number of rotatable bonds is 6. The third kappa shape index (κ3) is 3.85. The van der Waals surface area contributed by atoms with Gasteiger partial charge in [0.2, 0.25) is 0 Å². The molecule has 1 amide bonds. The summed E-state index contributed by atoms with van der Waals surface area (Å²) in [5.41, 5.74) is 0.450. The zero-order valence-electron chi connectivity index (χ0n) is 12.3. The number of hydrogen-bond acceptors (Lipinski definition) is 6. The van der Waals surface area contributed by atoms with E-state index in [1.165, 1.54) is 11.3 Å². The van der Waals surface area contributed by atoms with Crippen molar-refractivity contribution in [2.45, 2.75) is 19.9 Å². The molecule has 120 valence electrons. The third-order valence-corrected chi connectivity index (χ3v) is 5.89. The van der Waals surface area contributed by atoms with E-state index in [2.05, 4.69) is 36.4 Å². The first-order valence-electron chi connectivity index (χ1n) is 7.02. The molecule has 0 aliphatic rings. The Hall–Kier alpha value is -1.58. The van der Waals surface area contributed by atoms with Crippen molar-refractivity contribution >= 4 is 44.5 Å². The number of carbonyl (C=O) groups is 1. The zero-order valence-corrected chi connectivity index (χ0v) is 15.5. The van der Waals surface area contributed by atoms with Crippen molar-refractivity contribution in [1.82, 2.24) is 25.1 Å². The van der Waals surface area contributed by atoms with Crippen molar-refractivity contribution in [3.8, 4) is 9.88 Å². The molecule has 0 aliphatic carbocycles. The Bertz CT molecular complexity index is 810. The normalized spacial score (nSPS) is 10.9. The quantitative estimate of drug-likeness (QED) is 0.675. The molecule has 3 heterocycles. The molecule has 0 spiro atoms. The largest absolute Gasteiger partial charge is 0.350 e. The molecular formula is C14H14BrN5OS2. The molecule has 23 heavy (non-hydrogen) atoms. The number of hydrogen-bond donors (Lipinski definition) is 1. The summed E-state index contributed by atoms with van der Waals surface area (Å²) < 4.78 is 2.99. The average molecular weight is 412 g/mol. The van der Waals surface area contributed by atoms with Crippen LogP contribution in [0.15, 0.2) is 27.6 Å². The minimum atomic E-state index is -0.161. The number of nitrogens with one attached hydrogen (secondary N) is 1. The maximum Gasteiger partial charge on any atom is 0.270 e. The van der Waals surface area contributed by atoms with E-state index in [1.54, 1.807) is 23.0 Å². The molecule has 0 radical (unpaired) electrons. The van der Waals surface area contributed by atoms with Crippen LogP contribution in [0.25, 0.3) is 9.88 Å². The highest BCUT2D eigenvalue weighted by Crippen LogP contribution is 2.31. The fourth-order valence-electron chi connectivity index (χ4n) is 2.03. The molecule has 0 saturated heterocycles. The summed E-state index contributed by atoms with van der Waals surface area (Å²) in [7, 11) is 0. The summed E-state index contributed by atoms with van der Waals surface area (Å²) in [4.78, 5) is 17.6. The number of aromatic nitrogens is 4. The number of halogens is 1. The van der Waals surface area contributed by atoms with Crippen LogP contribution < -0.4 is 5.32 Å². The zero-order chi connectivity index (χ0) is 16.2. The molecule has 0 aliphatic heterocycles. The van der Waals surface area contributed by atoms with Gasteiger partial charge in [-0.3, -0.25) is 4.79 Å². The Labute approximate surface area is 149 Å². The van der Waals surface area contributed by atoms with Gasteiger partial charge in [0, 0.05) is 34.7 Å². The van der Waals surface area contributed by atoms with Crippen LogP contribution in [0.3, 0.4) is 0 Å². The van der Waals surface area contributed by atoms with Gasteiger partial charge in [-0.1, -0.05) is 0 Å². The summed E-state index contributed by atoms with van der Waals surface area (Å²) in [6, 6.07) is 2.00. The van der Waals surface area contributed by atoms with Gasteiger partial charge in [-0.05, 0) is 28.9 Å². The molecule has 1 N–H and O–H groups in total. The second-order valence-corrected chi connectivity index (χ2v) is 7.39. The van der Waals surface area contributed by atoms with Crippen LogP contribution in [-0.2, 0) is 13.0 Å². The highest BCUT2D eigenvalue weighted by Gasteiger charge is 2.13. The highest BCUT2D eigenvalue weighted by atomic mass is 79.9. The van der Waals surface area contributed by atoms with Gasteiger partial charge in [-0.2, -0.15) is 0 Å². The van der Waals surface area contributed by atoms with Crippen molar-refractivity contribution in [2.24, 2.45) is 0 Å². The van der Waals surface area contributed by atoms with Gasteiger partial charge < -0.3 is 9.88 Å².